The van der Waals surface area contributed by atoms with E-state index in [2.05, 4.69) is 62.0 Å². The summed E-state index contributed by atoms with van der Waals surface area (Å²) in [6.45, 7) is 7.48. The first kappa shape index (κ1) is 17.9. The summed E-state index contributed by atoms with van der Waals surface area (Å²) < 4.78 is 5.63. The summed E-state index contributed by atoms with van der Waals surface area (Å²) in [5.74, 6) is 1.44. The van der Waals surface area contributed by atoms with Gasteiger partial charge in [-0.1, -0.05) is 61.5 Å². The normalized spacial score (nSPS) is 20.4. The van der Waals surface area contributed by atoms with E-state index >= 15 is 0 Å². The molecular weight excluding hydrogens is 304 g/mol. The van der Waals surface area contributed by atoms with Crippen molar-refractivity contribution >= 4 is 0 Å². The fraction of sp³-hybridized carbons (Fsp3) is 0.417. The Kier molecular flexibility index (Phi) is 6.47. The van der Waals surface area contributed by atoms with Gasteiger partial charge in [-0.3, -0.25) is 0 Å². The molecule has 132 valence electrons. The Bertz CT molecular complexity index is 645. The third kappa shape index (κ3) is 4.83. The van der Waals surface area contributed by atoms with Crippen molar-refractivity contribution in [2.45, 2.75) is 44.9 Å². The highest BCUT2D eigenvalue weighted by molar-refractivity contribution is 5.64. The van der Waals surface area contributed by atoms with Gasteiger partial charge >= 0.3 is 0 Å². The molecule has 0 radical (unpaired) electrons. The third-order valence-corrected chi connectivity index (χ3v) is 5.51. The van der Waals surface area contributed by atoms with Crippen LogP contribution in [0.1, 0.15) is 49.7 Å². The van der Waals surface area contributed by atoms with Crippen LogP contribution in [0.2, 0.25) is 0 Å². The standard InChI is InChI=1S/C24H30O/c1-3-17-25-18-20-7-11-22(12-8-20)24-15-13-23(14-16-24)21-9-5-19(4-2)6-10-21/h3,5-6,9-10,13-16,20,22H,1,4,7-8,11-12,17-18H2,2H3/t20-,22-. The first-order chi connectivity index (χ1) is 12.3. The highest BCUT2D eigenvalue weighted by Crippen LogP contribution is 2.36. The molecule has 1 aliphatic carbocycles. The van der Waals surface area contributed by atoms with Gasteiger partial charge in [0, 0.05) is 6.61 Å². The summed E-state index contributed by atoms with van der Waals surface area (Å²) >= 11 is 0. The zero-order chi connectivity index (χ0) is 17.5. The Hall–Kier alpha value is -1.86. The number of rotatable bonds is 7. The first-order valence-corrected chi connectivity index (χ1v) is 9.68. The lowest BCUT2D eigenvalue weighted by Gasteiger charge is -2.28. The van der Waals surface area contributed by atoms with E-state index in [4.69, 9.17) is 4.74 Å². The average Bonchev–Trinajstić information content (AvgIpc) is 2.69. The maximum Gasteiger partial charge on any atom is 0.0644 e. The lowest BCUT2D eigenvalue weighted by atomic mass is 9.79. The molecule has 1 nitrogen and oxygen atoms in total. The molecule has 1 aliphatic rings. The summed E-state index contributed by atoms with van der Waals surface area (Å²) in [5.41, 5.74) is 5.53. The molecule has 0 unspecified atom stereocenters. The van der Waals surface area contributed by atoms with E-state index in [1.165, 1.54) is 47.9 Å². The van der Waals surface area contributed by atoms with Crippen LogP contribution in [-0.2, 0) is 11.2 Å². The molecule has 1 fully saturated rings. The van der Waals surface area contributed by atoms with Gasteiger partial charge in [0.15, 0.2) is 0 Å². The van der Waals surface area contributed by atoms with Gasteiger partial charge in [0.25, 0.3) is 0 Å². The van der Waals surface area contributed by atoms with Crippen LogP contribution in [0.4, 0.5) is 0 Å². The van der Waals surface area contributed by atoms with Crippen LogP contribution in [0.3, 0.4) is 0 Å². The molecule has 0 bridgehead atoms. The van der Waals surface area contributed by atoms with Crippen molar-refractivity contribution in [2.24, 2.45) is 5.92 Å². The summed E-state index contributed by atoms with van der Waals surface area (Å²) in [6.07, 6.45) is 8.06. The van der Waals surface area contributed by atoms with Crippen LogP contribution in [0, 0.1) is 5.92 Å². The van der Waals surface area contributed by atoms with Crippen LogP contribution in [-0.4, -0.2) is 13.2 Å². The van der Waals surface area contributed by atoms with Crippen LogP contribution >= 0.6 is 0 Å². The minimum atomic E-state index is 0.681. The van der Waals surface area contributed by atoms with E-state index in [1.807, 2.05) is 6.08 Å². The summed E-state index contributed by atoms with van der Waals surface area (Å²) in [7, 11) is 0. The number of hydrogen-bond donors (Lipinski definition) is 0. The van der Waals surface area contributed by atoms with E-state index in [0.717, 1.165) is 18.9 Å². The van der Waals surface area contributed by atoms with Crippen LogP contribution < -0.4 is 0 Å². The molecule has 3 rings (SSSR count). The van der Waals surface area contributed by atoms with E-state index < -0.39 is 0 Å². The summed E-state index contributed by atoms with van der Waals surface area (Å²) in [4.78, 5) is 0. The molecule has 0 aromatic heterocycles. The molecule has 2 aromatic carbocycles. The molecule has 2 aromatic rings. The van der Waals surface area contributed by atoms with E-state index in [-0.39, 0.29) is 0 Å². The second-order valence-electron chi connectivity index (χ2n) is 7.22. The highest BCUT2D eigenvalue weighted by atomic mass is 16.5. The van der Waals surface area contributed by atoms with E-state index in [9.17, 15) is 0 Å². The monoisotopic (exact) mass is 334 g/mol. The molecule has 25 heavy (non-hydrogen) atoms. The van der Waals surface area contributed by atoms with Crippen LogP contribution in [0.15, 0.2) is 61.2 Å². The number of benzene rings is 2. The van der Waals surface area contributed by atoms with Crippen molar-refractivity contribution in [3.63, 3.8) is 0 Å². The smallest absolute Gasteiger partial charge is 0.0644 e. The zero-order valence-electron chi connectivity index (χ0n) is 15.4. The molecule has 0 heterocycles. The molecule has 1 heteroatoms. The number of hydrogen-bond acceptors (Lipinski definition) is 1. The molecule has 0 spiro atoms. The maximum atomic E-state index is 5.63. The summed E-state index contributed by atoms with van der Waals surface area (Å²) in [5, 5.41) is 0. The highest BCUT2D eigenvalue weighted by Gasteiger charge is 2.22. The first-order valence-electron chi connectivity index (χ1n) is 9.68. The Morgan fingerprint density at radius 3 is 2.08 bits per heavy atom. The van der Waals surface area contributed by atoms with Crippen LogP contribution in [0.5, 0.6) is 0 Å². The quantitative estimate of drug-likeness (QED) is 0.421. The lowest BCUT2D eigenvalue weighted by Crippen LogP contribution is -2.18. The molecular formula is C24H30O. The molecule has 0 aliphatic heterocycles. The van der Waals surface area contributed by atoms with Crippen molar-refractivity contribution in [3.05, 3.63) is 72.3 Å². The minimum absolute atomic E-state index is 0.681. The van der Waals surface area contributed by atoms with Gasteiger partial charge in [0.05, 0.1) is 6.61 Å². The van der Waals surface area contributed by atoms with Gasteiger partial charge in [-0.15, -0.1) is 6.58 Å². The van der Waals surface area contributed by atoms with Crippen molar-refractivity contribution in [1.29, 1.82) is 0 Å². The van der Waals surface area contributed by atoms with Crippen molar-refractivity contribution in [3.8, 4) is 11.1 Å². The zero-order valence-corrected chi connectivity index (χ0v) is 15.4. The summed E-state index contributed by atoms with van der Waals surface area (Å²) in [6, 6.07) is 18.2. The van der Waals surface area contributed by atoms with Crippen molar-refractivity contribution < 1.29 is 4.74 Å². The van der Waals surface area contributed by atoms with E-state index in [1.54, 1.807) is 0 Å². The second-order valence-corrected chi connectivity index (χ2v) is 7.22. The van der Waals surface area contributed by atoms with Crippen LogP contribution in [0.25, 0.3) is 11.1 Å². The average molecular weight is 335 g/mol. The molecule has 1 saturated carbocycles. The van der Waals surface area contributed by atoms with Gasteiger partial charge in [0.2, 0.25) is 0 Å². The van der Waals surface area contributed by atoms with Gasteiger partial charge in [0.1, 0.15) is 0 Å². The Morgan fingerprint density at radius 1 is 0.920 bits per heavy atom. The number of ether oxygens (including phenoxy) is 1. The third-order valence-electron chi connectivity index (χ3n) is 5.51. The fourth-order valence-electron chi connectivity index (χ4n) is 3.86. The van der Waals surface area contributed by atoms with Crippen molar-refractivity contribution in [1.82, 2.24) is 0 Å². The van der Waals surface area contributed by atoms with Crippen molar-refractivity contribution in [2.75, 3.05) is 13.2 Å². The van der Waals surface area contributed by atoms with Gasteiger partial charge < -0.3 is 4.74 Å². The molecule has 0 atom stereocenters. The topological polar surface area (TPSA) is 9.23 Å². The molecule has 0 amide bonds. The minimum Gasteiger partial charge on any atom is -0.377 e. The lowest BCUT2D eigenvalue weighted by molar-refractivity contribution is 0.102. The Balaban J connectivity index is 1.56. The molecule has 0 saturated heterocycles. The Morgan fingerprint density at radius 2 is 1.52 bits per heavy atom. The predicted molar refractivity (Wildman–Crippen MR) is 107 cm³/mol. The van der Waals surface area contributed by atoms with Gasteiger partial charge in [-0.25, -0.2) is 0 Å². The number of aryl methyl sites for hydroxylation is 1. The van der Waals surface area contributed by atoms with Gasteiger partial charge in [-0.2, -0.15) is 0 Å². The second kappa shape index (κ2) is 9.01. The Labute approximate surface area is 152 Å². The largest absolute Gasteiger partial charge is 0.377 e. The maximum absolute atomic E-state index is 5.63. The SMILES string of the molecule is C=CCOC[C@H]1CC[C@H](c2ccc(-c3ccc(CC)cc3)cc2)CC1. The predicted octanol–water partition coefficient (Wildman–Crippen LogP) is 6.39. The fourth-order valence-corrected chi connectivity index (χ4v) is 3.86. The van der Waals surface area contributed by atoms with E-state index in [0.29, 0.717) is 12.5 Å². The van der Waals surface area contributed by atoms with Gasteiger partial charge in [-0.05, 0) is 66.2 Å². The molecule has 0 N–H and O–H groups in total.